The third-order valence-corrected chi connectivity index (χ3v) is 3.98. The van der Waals surface area contributed by atoms with Crippen molar-refractivity contribution in [2.75, 3.05) is 26.4 Å². The molecule has 0 radical (unpaired) electrons. The number of aliphatic carboxylic acids is 2. The summed E-state index contributed by atoms with van der Waals surface area (Å²) in [6.07, 6.45) is -12.8. The monoisotopic (exact) mass is 490 g/mol. The molecule has 0 saturated heterocycles. The molecule has 8 atom stereocenters. The molecule has 0 aromatic heterocycles. The predicted octanol–water partition coefficient (Wildman–Crippen LogP) is -11.3. The minimum atomic E-state index is -3.10. The smallest absolute Gasteiger partial charge is 0.547 e. The van der Waals surface area contributed by atoms with Gasteiger partial charge in [-0.15, -0.1) is 0 Å². The van der Waals surface area contributed by atoms with Gasteiger partial charge in [-0.3, -0.25) is 0 Å². The summed E-state index contributed by atoms with van der Waals surface area (Å²) in [5, 5.41) is 127. The molecule has 0 rings (SSSR count). The molecule has 12 N–H and O–H groups in total. The average Bonchev–Trinajstić information content (AvgIpc) is 2.74. The Balaban J connectivity index is -0.000000490. The van der Waals surface area contributed by atoms with Crippen LogP contribution in [0.25, 0.3) is 0 Å². The molecular formula is C14H26CaO16. The molecule has 0 unspecified atom stereocenters. The van der Waals surface area contributed by atoms with Gasteiger partial charge in [-0.2, -0.15) is 0 Å². The molecule has 0 bridgehead atoms. The largest absolute Gasteiger partial charge is 2.00 e. The van der Waals surface area contributed by atoms with E-state index in [1.54, 1.807) is 0 Å². The third-order valence-electron chi connectivity index (χ3n) is 3.98. The summed E-state index contributed by atoms with van der Waals surface area (Å²) in [4.78, 5) is 20.7. The standard InChI is InChI=1S/2C7H14O8.Ca/c2*8-1-3(10)4(11)5(12)7(15,2-9)6(13)14;/h2*3-5,8-12,15H,1-2H2,(H,13,14);/q;;+2/p-2/t2*3-,4-,5+,7-;/m11./s1. The fraction of sp³-hybridized carbons (Fsp3) is 0.857. The summed E-state index contributed by atoms with van der Waals surface area (Å²) >= 11 is 0. The molecule has 0 fully saturated rings. The summed E-state index contributed by atoms with van der Waals surface area (Å²) in [5.74, 6) is -4.41. The van der Waals surface area contributed by atoms with Gasteiger partial charge in [-0.25, -0.2) is 0 Å². The Bertz CT molecular complexity index is 490. The second kappa shape index (κ2) is 15.5. The number of carbonyl (C=O) groups excluding carboxylic acids is 2. The van der Waals surface area contributed by atoms with Gasteiger partial charge in [0.2, 0.25) is 0 Å². The number of aliphatic hydroxyl groups is 12. The summed E-state index contributed by atoms with van der Waals surface area (Å²) in [5.41, 5.74) is -6.20. The Morgan fingerprint density at radius 3 is 1.00 bits per heavy atom. The van der Waals surface area contributed by atoms with Gasteiger partial charge in [-0.1, -0.05) is 0 Å². The summed E-state index contributed by atoms with van der Waals surface area (Å²) < 4.78 is 0. The van der Waals surface area contributed by atoms with Gasteiger partial charge in [0, 0.05) is 0 Å². The number of carbonyl (C=O) groups is 2. The van der Waals surface area contributed by atoms with Crippen molar-refractivity contribution in [1.82, 2.24) is 0 Å². The first-order valence-corrected chi connectivity index (χ1v) is 8.01. The van der Waals surface area contributed by atoms with E-state index in [9.17, 15) is 19.8 Å². The van der Waals surface area contributed by atoms with E-state index in [2.05, 4.69) is 0 Å². The van der Waals surface area contributed by atoms with E-state index < -0.39 is 86.2 Å². The van der Waals surface area contributed by atoms with Crippen molar-refractivity contribution in [1.29, 1.82) is 0 Å². The molecule has 31 heavy (non-hydrogen) atoms. The number of rotatable bonds is 12. The quantitative estimate of drug-likeness (QED) is 0.113. The fourth-order valence-electron chi connectivity index (χ4n) is 1.76. The van der Waals surface area contributed by atoms with Crippen LogP contribution in [0.2, 0.25) is 0 Å². The molecule has 16 nitrogen and oxygen atoms in total. The molecule has 0 aromatic carbocycles. The Hall–Kier alpha value is -0.280. The molecule has 0 amide bonds. The number of hydrogen-bond donors (Lipinski definition) is 12. The number of hydrogen-bond acceptors (Lipinski definition) is 16. The molecule has 180 valence electrons. The maximum absolute atomic E-state index is 10.4. The Kier molecular flexibility index (Phi) is 17.7. The molecule has 0 spiro atoms. The Morgan fingerprint density at radius 1 is 0.645 bits per heavy atom. The van der Waals surface area contributed by atoms with Crippen LogP contribution in [0.3, 0.4) is 0 Å². The molecule has 17 heteroatoms. The van der Waals surface area contributed by atoms with Gasteiger partial charge in [0.15, 0.2) is 11.2 Å². The van der Waals surface area contributed by atoms with Gasteiger partial charge in [-0.05, 0) is 0 Å². The van der Waals surface area contributed by atoms with Crippen molar-refractivity contribution >= 4 is 49.7 Å². The summed E-state index contributed by atoms with van der Waals surface area (Å²) in [6.45, 7) is -4.73. The normalized spacial score (nSPS) is 20.8. The predicted molar refractivity (Wildman–Crippen MR) is 90.1 cm³/mol. The van der Waals surface area contributed by atoms with Gasteiger partial charge in [0.25, 0.3) is 0 Å². The second-order valence-corrected chi connectivity index (χ2v) is 6.11. The van der Waals surface area contributed by atoms with Crippen LogP contribution in [0, 0.1) is 0 Å². The van der Waals surface area contributed by atoms with E-state index in [1.165, 1.54) is 0 Å². The fourth-order valence-corrected chi connectivity index (χ4v) is 1.76. The molecule has 0 heterocycles. The van der Waals surface area contributed by atoms with E-state index in [-0.39, 0.29) is 37.7 Å². The second-order valence-electron chi connectivity index (χ2n) is 6.11. The minimum absolute atomic E-state index is 0. The molecule has 0 aliphatic heterocycles. The van der Waals surface area contributed by atoms with E-state index >= 15 is 0 Å². The van der Waals surface area contributed by atoms with Gasteiger partial charge < -0.3 is 81.1 Å². The van der Waals surface area contributed by atoms with Crippen LogP contribution in [0.5, 0.6) is 0 Å². The zero-order valence-electron chi connectivity index (χ0n) is 16.0. The number of carboxylic acids is 2. The van der Waals surface area contributed by atoms with Crippen LogP contribution in [-0.4, -0.2) is 185 Å². The van der Waals surface area contributed by atoms with Crippen LogP contribution in [-0.2, 0) is 9.59 Å². The van der Waals surface area contributed by atoms with Gasteiger partial charge in [0.05, 0.1) is 38.4 Å². The molecular weight excluding hydrogens is 464 g/mol. The Morgan fingerprint density at radius 2 is 0.871 bits per heavy atom. The van der Waals surface area contributed by atoms with Crippen LogP contribution in [0.1, 0.15) is 0 Å². The molecule has 0 aliphatic carbocycles. The maximum atomic E-state index is 10.4. The number of carboxylic acid groups (broad SMARTS) is 2. The zero-order chi connectivity index (χ0) is 24.4. The topological polar surface area (TPSA) is 323 Å². The van der Waals surface area contributed by atoms with Gasteiger partial charge >= 0.3 is 37.7 Å². The van der Waals surface area contributed by atoms with E-state index in [1.807, 2.05) is 0 Å². The zero-order valence-corrected chi connectivity index (χ0v) is 18.2. The van der Waals surface area contributed by atoms with Crippen LogP contribution in [0.4, 0.5) is 0 Å². The van der Waals surface area contributed by atoms with Crippen molar-refractivity contribution in [2.24, 2.45) is 0 Å². The Labute approximate surface area is 204 Å². The first kappa shape index (κ1) is 35.3. The van der Waals surface area contributed by atoms with Crippen molar-refractivity contribution < 1.29 is 81.1 Å². The van der Waals surface area contributed by atoms with Crippen LogP contribution >= 0.6 is 0 Å². The molecule has 0 saturated carbocycles. The SMILES string of the molecule is O=C([O-])[C@@](O)(CO)[C@@H](O)[C@H](O)[C@H](O)CO.O=C([O-])[C@@](O)(CO)[C@@H](O)[C@H](O)[C@H](O)CO.[Ca+2]. The minimum Gasteiger partial charge on any atom is -0.547 e. The van der Waals surface area contributed by atoms with Crippen LogP contribution < -0.4 is 10.2 Å². The van der Waals surface area contributed by atoms with E-state index in [0.717, 1.165) is 0 Å². The average molecular weight is 490 g/mol. The first-order valence-electron chi connectivity index (χ1n) is 8.01. The van der Waals surface area contributed by atoms with Crippen molar-refractivity contribution in [3.8, 4) is 0 Å². The van der Waals surface area contributed by atoms with Crippen molar-refractivity contribution in [2.45, 2.75) is 47.8 Å². The van der Waals surface area contributed by atoms with E-state index in [4.69, 9.17) is 61.3 Å². The summed E-state index contributed by atoms with van der Waals surface area (Å²) in [6, 6.07) is 0. The summed E-state index contributed by atoms with van der Waals surface area (Å²) in [7, 11) is 0. The van der Waals surface area contributed by atoms with Crippen LogP contribution in [0.15, 0.2) is 0 Å². The van der Waals surface area contributed by atoms with Gasteiger partial charge in [0.1, 0.15) is 36.6 Å². The van der Waals surface area contributed by atoms with Crippen molar-refractivity contribution in [3.63, 3.8) is 0 Å². The third kappa shape index (κ3) is 9.24. The van der Waals surface area contributed by atoms with E-state index in [0.29, 0.717) is 0 Å². The number of aliphatic hydroxyl groups excluding tert-OH is 10. The first-order chi connectivity index (χ1) is 13.6. The maximum Gasteiger partial charge on any atom is 2.00 e. The van der Waals surface area contributed by atoms with Crippen molar-refractivity contribution in [3.05, 3.63) is 0 Å². The molecule has 0 aliphatic rings. The molecule has 0 aromatic rings.